The van der Waals surface area contributed by atoms with Crippen LogP contribution in [-0.4, -0.2) is 47.1 Å². The molecule has 0 amide bonds. The second-order valence-electron chi connectivity index (χ2n) is 11.6. The topological polar surface area (TPSA) is 66.8 Å². The van der Waals surface area contributed by atoms with Crippen molar-refractivity contribution in [3.63, 3.8) is 0 Å². The molecule has 0 aromatic heterocycles. The number of hydrogen-bond acceptors (Lipinski definition) is 2. The molecule has 5 nitrogen and oxygen atoms in total. The molecule has 1 fully saturated rings. The molecule has 35 heavy (non-hydrogen) atoms. The summed E-state index contributed by atoms with van der Waals surface area (Å²) in [5.41, 5.74) is 0. The number of likely N-dealkylation sites (N-methyl/N-ethyl adjacent to an activating group) is 1. The van der Waals surface area contributed by atoms with E-state index in [1.165, 1.54) is 116 Å². The molecule has 0 aromatic rings. The van der Waals surface area contributed by atoms with Crippen LogP contribution in [0, 0.1) is 0 Å². The lowest BCUT2D eigenvalue weighted by atomic mass is 10.0. The van der Waals surface area contributed by atoms with Crippen LogP contribution in [0.2, 0.25) is 0 Å². The highest BCUT2D eigenvalue weighted by Gasteiger charge is 2.40. The Morgan fingerprint density at radius 1 is 0.771 bits per heavy atom. The maximum Gasteiger partial charge on any atom is 0.470 e. The van der Waals surface area contributed by atoms with E-state index < -0.39 is 7.82 Å². The van der Waals surface area contributed by atoms with Crippen LogP contribution in [-0.2, 0) is 9.09 Å². The summed E-state index contributed by atoms with van der Waals surface area (Å²) in [5.74, 6) is 0. The van der Waals surface area contributed by atoms with Gasteiger partial charge in [0.15, 0.2) is 0 Å². The van der Waals surface area contributed by atoms with Gasteiger partial charge in [-0.3, -0.25) is 4.52 Å². The molecule has 1 unspecified atom stereocenters. The molecule has 1 aliphatic rings. The Balaban J connectivity index is 1.91. The highest BCUT2D eigenvalue weighted by Crippen LogP contribution is 2.40. The van der Waals surface area contributed by atoms with Crippen molar-refractivity contribution in [1.29, 1.82) is 0 Å². The molecular weight excluding hydrogens is 457 g/mol. The second kappa shape index (κ2) is 19.9. The van der Waals surface area contributed by atoms with Gasteiger partial charge in [0, 0.05) is 12.8 Å². The first-order valence-electron chi connectivity index (χ1n) is 15.0. The molecule has 1 atom stereocenters. The van der Waals surface area contributed by atoms with Gasteiger partial charge in [-0.2, -0.15) is 0 Å². The first-order chi connectivity index (χ1) is 16.7. The fourth-order valence-corrected chi connectivity index (χ4v) is 5.71. The first-order valence-corrected chi connectivity index (χ1v) is 16.5. The van der Waals surface area contributed by atoms with Gasteiger partial charge in [-0.25, -0.2) is 4.57 Å². The van der Waals surface area contributed by atoms with Crippen LogP contribution in [0.3, 0.4) is 0 Å². The number of phosphoric acid groups is 1. The van der Waals surface area contributed by atoms with Crippen LogP contribution in [0.5, 0.6) is 0 Å². The number of phosphoric ester groups is 1. The van der Waals surface area contributed by atoms with Gasteiger partial charge in [-0.15, -0.1) is 0 Å². The van der Waals surface area contributed by atoms with Crippen LogP contribution < -0.4 is 0 Å². The third-order valence-electron chi connectivity index (χ3n) is 7.53. The van der Waals surface area contributed by atoms with E-state index in [0.29, 0.717) is 12.6 Å². The van der Waals surface area contributed by atoms with E-state index in [1.54, 1.807) is 0 Å². The van der Waals surface area contributed by atoms with Crippen molar-refractivity contribution in [2.24, 2.45) is 0 Å². The summed E-state index contributed by atoms with van der Waals surface area (Å²) >= 11 is 0. The number of unbranched alkanes of at least 4 members (excludes halogenated alkanes) is 16. The summed E-state index contributed by atoms with van der Waals surface area (Å²) in [6.45, 7) is 2.96. The zero-order valence-corrected chi connectivity index (χ0v) is 24.4. The van der Waals surface area contributed by atoms with E-state index in [-0.39, 0.29) is 6.10 Å². The van der Waals surface area contributed by atoms with Gasteiger partial charge in [-0.1, -0.05) is 109 Å². The summed E-state index contributed by atoms with van der Waals surface area (Å²) in [6, 6.07) is 0.629. The van der Waals surface area contributed by atoms with Crippen molar-refractivity contribution in [3.05, 3.63) is 12.2 Å². The molecule has 1 aliphatic carbocycles. The Bertz CT molecular complexity index is 571. The van der Waals surface area contributed by atoms with Gasteiger partial charge in [0.05, 0.1) is 20.1 Å². The molecule has 1 rings (SSSR count). The molecule has 0 radical (unpaired) electrons. The summed E-state index contributed by atoms with van der Waals surface area (Å²) in [5, 5.41) is 0. The molecule has 0 bridgehead atoms. The molecule has 0 spiro atoms. The average molecular weight is 517 g/mol. The second-order valence-corrected chi connectivity index (χ2v) is 12.7. The van der Waals surface area contributed by atoms with Crippen molar-refractivity contribution in [2.75, 3.05) is 20.6 Å². The Hall–Kier alpha value is -0.190. The van der Waals surface area contributed by atoms with Crippen LogP contribution in [0.15, 0.2) is 12.2 Å². The average Bonchev–Trinajstić information content (AvgIpc) is 3.62. The molecule has 0 aliphatic heterocycles. The van der Waals surface area contributed by atoms with Gasteiger partial charge >= 0.3 is 7.82 Å². The SMILES string of the molecule is CCCCCCCC/C=C\CCCCCCCCCCCCC(C[N+](C)(C)C1CC1)OP(=O)(O)O. The monoisotopic (exact) mass is 516 g/mol. The lowest BCUT2D eigenvalue weighted by Crippen LogP contribution is -2.47. The van der Waals surface area contributed by atoms with Crippen LogP contribution >= 0.6 is 7.82 Å². The number of nitrogens with zero attached hydrogens (tertiary/aromatic N) is 1. The van der Waals surface area contributed by atoms with Gasteiger partial charge < -0.3 is 14.3 Å². The number of rotatable bonds is 25. The third-order valence-corrected chi connectivity index (χ3v) is 8.11. The summed E-state index contributed by atoms with van der Waals surface area (Å²) in [6.07, 6.45) is 31.1. The lowest BCUT2D eigenvalue weighted by molar-refractivity contribution is -0.903. The lowest BCUT2D eigenvalue weighted by Gasteiger charge is -2.33. The van der Waals surface area contributed by atoms with Crippen molar-refractivity contribution >= 4 is 7.82 Å². The summed E-state index contributed by atoms with van der Waals surface area (Å²) in [7, 11) is -0.119. The molecule has 1 saturated carbocycles. The number of allylic oxidation sites excluding steroid dienone is 2. The molecule has 2 N–H and O–H groups in total. The van der Waals surface area contributed by atoms with Crippen molar-refractivity contribution in [1.82, 2.24) is 0 Å². The maximum absolute atomic E-state index is 11.4. The van der Waals surface area contributed by atoms with Crippen molar-refractivity contribution < 1.29 is 23.4 Å². The summed E-state index contributed by atoms with van der Waals surface area (Å²) in [4.78, 5) is 18.6. The first kappa shape index (κ1) is 32.8. The van der Waals surface area contributed by atoms with E-state index in [9.17, 15) is 14.4 Å². The Morgan fingerprint density at radius 3 is 1.63 bits per heavy atom. The standard InChI is InChI=1S/C29H58NO4P/c1-4-5-6-7-8-9-10-11-12-13-14-15-16-17-18-19-20-21-22-23-24-29(34-35(31,32)33)27-30(2,3)28-25-26-28/h11-12,28-29H,4-10,13-27H2,1-3H3,(H-,31,32,33)/p+1/b12-11-. The maximum atomic E-state index is 11.4. The highest BCUT2D eigenvalue weighted by atomic mass is 31.2. The molecule has 6 heteroatoms. The Kier molecular flexibility index (Phi) is 18.6. The zero-order valence-electron chi connectivity index (χ0n) is 23.5. The minimum absolute atomic E-state index is 0.350. The van der Waals surface area contributed by atoms with E-state index in [0.717, 1.165) is 23.7 Å². The molecule has 0 aromatic carbocycles. The van der Waals surface area contributed by atoms with E-state index in [2.05, 4.69) is 33.2 Å². The van der Waals surface area contributed by atoms with Crippen LogP contribution in [0.4, 0.5) is 0 Å². The Morgan fingerprint density at radius 2 is 1.20 bits per heavy atom. The van der Waals surface area contributed by atoms with Crippen LogP contribution in [0.1, 0.15) is 142 Å². The van der Waals surface area contributed by atoms with Gasteiger partial charge in [0.1, 0.15) is 12.6 Å². The van der Waals surface area contributed by atoms with Gasteiger partial charge in [0.2, 0.25) is 0 Å². The van der Waals surface area contributed by atoms with Gasteiger partial charge in [-0.05, 0) is 32.1 Å². The van der Waals surface area contributed by atoms with Crippen LogP contribution in [0.25, 0.3) is 0 Å². The Labute approximate surface area is 217 Å². The number of hydrogen-bond donors (Lipinski definition) is 2. The normalized spacial score (nSPS) is 15.8. The van der Waals surface area contributed by atoms with Crippen molar-refractivity contribution in [2.45, 2.75) is 154 Å². The minimum atomic E-state index is -4.43. The predicted octanol–water partition coefficient (Wildman–Crippen LogP) is 8.69. The van der Waals surface area contributed by atoms with E-state index >= 15 is 0 Å². The van der Waals surface area contributed by atoms with Gasteiger partial charge in [0.25, 0.3) is 0 Å². The molecule has 208 valence electrons. The largest absolute Gasteiger partial charge is 0.470 e. The quantitative estimate of drug-likeness (QED) is 0.0551. The number of quaternary nitrogens is 1. The van der Waals surface area contributed by atoms with Crippen molar-refractivity contribution in [3.8, 4) is 0 Å². The highest BCUT2D eigenvalue weighted by molar-refractivity contribution is 7.46. The van der Waals surface area contributed by atoms with E-state index in [1.807, 2.05) is 0 Å². The fraction of sp³-hybridized carbons (Fsp3) is 0.931. The molecular formula is C29H59NO4P+. The fourth-order valence-electron chi connectivity index (χ4n) is 5.15. The summed E-state index contributed by atoms with van der Waals surface area (Å²) < 4.78 is 17.3. The zero-order chi connectivity index (χ0) is 25.8. The smallest absolute Gasteiger partial charge is 0.324 e. The molecule has 0 saturated heterocycles. The minimum Gasteiger partial charge on any atom is -0.324 e. The third kappa shape index (κ3) is 20.5. The van der Waals surface area contributed by atoms with E-state index in [4.69, 9.17) is 4.52 Å². The predicted molar refractivity (Wildman–Crippen MR) is 149 cm³/mol. The molecule has 0 heterocycles.